The number of rotatable bonds is 7. The van der Waals surface area contributed by atoms with Crippen molar-refractivity contribution < 1.29 is 19.1 Å². The van der Waals surface area contributed by atoms with Crippen LogP contribution >= 0.6 is 23.2 Å². The van der Waals surface area contributed by atoms with E-state index in [4.69, 9.17) is 32.7 Å². The Morgan fingerprint density at radius 1 is 1.24 bits per heavy atom. The van der Waals surface area contributed by atoms with E-state index in [1.807, 2.05) is 30.3 Å². The van der Waals surface area contributed by atoms with Gasteiger partial charge in [0.25, 0.3) is 0 Å². The van der Waals surface area contributed by atoms with Gasteiger partial charge in [-0.05, 0) is 44.9 Å². The van der Waals surface area contributed by atoms with Crippen LogP contribution in [0.4, 0.5) is 10.5 Å². The number of amides is 1. The molecule has 0 fully saturated rings. The predicted molar refractivity (Wildman–Crippen MR) is 115 cm³/mol. The molecule has 0 saturated heterocycles. The smallest absolute Gasteiger partial charge is 0.407 e. The number of benzene rings is 1. The zero-order valence-electron chi connectivity index (χ0n) is 16.8. The van der Waals surface area contributed by atoms with Crippen molar-refractivity contribution in [1.29, 1.82) is 0 Å². The monoisotopic (exact) mass is 440 g/mol. The van der Waals surface area contributed by atoms with Crippen molar-refractivity contribution in [2.75, 3.05) is 18.5 Å². The average Bonchev–Trinajstić information content (AvgIpc) is 2.62. The average molecular weight is 441 g/mol. The zero-order valence-corrected chi connectivity index (χ0v) is 18.3. The van der Waals surface area contributed by atoms with E-state index < -0.39 is 17.7 Å². The van der Waals surface area contributed by atoms with E-state index in [1.54, 1.807) is 26.8 Å². The van der Waals surface area contributed by atoms with Crippen molar-refractivity contribution in [2.45, 2.75) is 44.6 Å². The fourth-order valence-corrected chi connectivity index (χ4v) is 3.17. The zero-order chi connectivity index (χ0) is 21.4. The van der Waals surface area contributed by atoms with E-state index in [1.165, 1.54) is 0 Å². The molecule has 158 valence electrons. The van der Waals surface area contributed by atoms with Gasteiger partial charge in [0.1, 0.15) is 12.2 Å². The fraction of sp³-hybridized carbons (Fsp3) is 0.429. The topological polar surface area (TPSA) is 76.7 Å². The number of ether oxygens (including phenoxy) is 2. The highest BCUT2D eigenvalue weighted by molar-refractivity contribution is 6.33. The van der Waals surface area contributed by atoms with Gasteiger partial charge in [-0.1, -0.05) is 35.9 Å². The van der Waals surface area contributed by atoms with Gasteiger partial charge in [0.05, 0.1) is 29.1 Å². The number of hydrogen-bond acceptors (Lipinski definition) is 5. The molecule has 1 atom stereocenters. The largest absolute Gasteiger partial charge is 0.464 e. The summed E-state index contributed by atoms with van der Waals surface area (Å²) in [5.41, 5.74) is 1.63. The van der Waals surface area contributed by atoms with Crippen LogP contribution in [0.2, 0.25) is 0 Å². The van der Waals surface area contributed by atoms with E-state index in [0.717, 1.165) is 11.3 Å². The van der Waals surface area contributed by atoms with Gasteiger partial charge >= 0.3 is 12.1 Å². The van der Waals surface area contributed by atoms with Gasteiger partial charge in [-0.2, -0.15) is 0 Å². The summed E-state index contributed by atoms with van der Waals surface area (Å²) in [6.45, 7) is 5.55. The van der Waals surface area contributed by atoms with Gasteiger partial charge in [-0.25, -0.2) is 4.79 Å². The van der Waals surface area contributed by atoms with Crippen molar-refractivity contribution in [3.05, 3.63) is 52.7 Å². The Balaban J connectivity index is 1.87. The Labute approximate surface area is 181 Å². The molecule has 1 unspecified atom stereocenters. The first kappa shape index (κ1) is 23.1. The lowest BCUT2D eigenvalue weighted by molar-refractivity contribution is -0.142. The summed E-state index contributed by atoms with van der Waals surface area (Å²) < 4.78 is 10.3. The Morgan fingerprint density at radius 2 is 1.97 bits per heavy atom. The van der Waals surface area contributed by atoms with Crippen LogP contribution in [0, 0.1) is 0 Å². The van der Waals surface area contributed by atoms with Crippen molar-refractivity contribution in [3.8, 4) is 0 Å². The molecular weight excluding hydrogens is 415 g/mol. The highest BCUT2D eigenvalue weighted by atomic mass is 35.5. The molecule has 0 saturated carbocycles. The second kappa shape index (κ2) is 10.6. The van der Waals surface area contributed by atoms with Crippen LogP contribution < -0.4 is 10.6 Å². The summed E-state index contributed by atoms with van der Waals surface area (Å²) in [5.74, 6) is -0.406. The maximum Gasteiger partial charge on any atom is 0.407 e. The van der Waals surface area contributed by atoms with Crippen LogP contribution in [0.3, 0.4) is 0 Å². The summed E-state index contributed by atoms with van der Waals surface area (Å²) in [6, 6.07) is 7.38. The van der Waals surface area contributed by atoms with Gasteiger partial charge in [-0.15, -0.1) is 11.6 Å². The first-order valence-corrected chi connectivity index (χ1v) is 10.1. The van der Waals surface area contributed by atoms with Crippen LogP contribution in [0.1, 0.15) is 32.8 Å². The molecule has 1 aliphatic carbocycles. The molecule has 2 N–H and O–H groups in total. The van der Waals surface area contributed by atoms with Crippen molar-refractivity contribution >= 4 is 41.0 Å². The molecule has 0 aromatic heterocycles. The summed E-state index contributed by atoms with van der Waals surface area (Å²) in [7, 11) is 0. The van der Waals surface area contributed by atoms with E-state index in [0.29, 0.717) is 17.2 Å². The number of alkyl carbamates (subject to hydrolysis) is 1. The molecule has 0 spiro atoms. The molecule has 1 aliphatic rings. The molecule has 0 aliphatic heterocycles. The second-order valence-electron chi connectivity index (χ2n) is 7.48. The Bertz CT molecular complexity index is 800. The number of nitrogens with one attached hydrogen (secondary N) is 2. The number of carbonyl (C=O) groups excluding carboxylic acids is 2. The third-order valence-electron chi connectivity index (χ3n) is 3.83. The Morgan fingerprint density at radius 3 is 2.66 bits per heavy atom. The number of para-hydroxylation sites is 1. The maximum atomic E-state index is 12.2. The lowest BCUT2D eigenvalue weighted by Gasteiger charge is -2.21. The summed E-state index contributed by atoms with van der Waals surface area (Å²) >= 11 is 12.6. The SMILES string of the molecule is CC(C)(C)OC(=O)NCCOC(=O)Cc1ccccc1NC1=C(Cl)C=CCC1Cl. The lowest BCUT2D eigenvalue weighted by atomic mass is 10.1. The van der Waals surface area contributed by atoms with Gasteiger partial charge in [-0.3, -0.25) is 4.79 Å². The summed E-state index contributed by atoms with van der Waals surface area (Å²) in [6.07, 6.45) is 3.92. The third-order valence-corrected chi connectivity index (χ3v) is 4.56. The number of esters is 1. The minimum atomic E-state index is -0.577. The Hall–Kier alpha value is -2.18. The van der Waals surface area contributed by atoms with Crippen molar-refractivity contribution in [1.82, 2.24) is 5.32 Å². The first-order valence-electron chi connectivity index (χ1n) is 9.33. The van der Waals surface area contributed by atoms with Crippen LogP contribution in [0.15, 0.2) is 47.1 Å². The number of alkyl halides is 1. The van der Waals surface area contributed by atoms with E-state index >= 15 is 0 Å². The van der Waals surface area contributed by atoms with Gasteiger partial charge < -0.3 is 20.1 Å². The number of anilines is 1. The molecule has 1 aromatic carbocycles. The first-order chi connectivity index (χ1) is 13.7. The molecule has 6 nitrogen and oxygen atoms in total. The normalized spacial score (nSPS) is 16.4. The number of halogens is 2. The van der Waals surface area contributed by atoms with E-state index in [9.17, 15) is 9.59 Å². The highest BCUT2D eigenvalue weighted by Crippen LogP contribution is 2.29. The molecule has 2 rings (SSSR count). The molecule has 0 bridgehead atoms. The van der Waals surface area contributed by atoms with Gasteiger partial charge in [0.2, 0.25) is 0 Å². The molecule has 0 radical (unpaired) electrons. The minimum absolute atomic E-state index is 0.0548. The quantitative estimate of drug-likeness (QED) is 0.364. The predicted octanol–water partition coefficient (Wildman–Crippen LogP) is 4.73. The molecule has 0 heterocycles. The molecule has 1 amide bonds. The van der Waals surface area contributed by atoms with Crippen molar-refractivity contribution in [2.24, 2.45) is 0 Å². The number of allylic oxidation sites excluding steroid dienone is 4. The van der Waals surface area contributed by atoms with Crippen LogP contribution in [-0.2, 0) is 20.7 Å². The standard InChI is InChI=1S/C21H26Cl2N2O4/c1-21(2,3)29-20(27)24-11-12-28-18(26)13-14-7-4-5-10-17(14)25-19-15(22)8-6-9-16(19)23/h4-8,10,16,25H,9,11-13H2,1-3H3,(H,24,27). The number of carbonyl (C=O) groups is 2. The minimum Gasteiger partial charge on any atom is -0.464 e. The lowest BCUT2D eigenvalue weighted by Crippen LogP contribution is -2.34. The fourth-order valence-electron chi connectivity index (χ4n) is 2.57. The maximum absolute atomic E-state index is 12.2. The van der Waals surface area contributed by atoms with Crippen LogP contribution in [0.5, 0.6) is 0 Å². The van der Waals surface area contributed by atoms with Crippen molar-refractivity contribution in [3.63, 3.8) is 0 Å². The second-order valence-corrected chi connectivity index (χ2v) is 8.41. The third kappa shape index (κ3) is 7.99. The van der Waals surface area contributed by atoms with E-state index in [2.05, 4.69) is 10.6 Å². The van der Waals surface area contributed by atoms with Crippen LogP contribution in [-0.4, -0.2) is 36.2 Å². The summed E-state index contributed by atoms with van der Waals surface area (Å²) in [5, 5.41) is 6.07. The van der Waals surface area contributed by atoms with E-state index in [-0.39, 0.29) is 24.9 Å². The molecule has 8 heteroatoms. The summed E-state index contributed by atoms with van der Waals surface area (Å²) in [4.78, 5) is 23.8. The van der Waals surface area contributed by atoms with Gasteiger partial charge in [0, 0.05) is 5.69 Å². The molecule has 1 aromatic rings. The Kier molecular flexibility index (Phi) is 8.41. The number of hydrogen-bond donors (Lipinski definition) is 2. The van der Waals surface area contributed by atoms with Gasteiger partial charge in [0.15, 0.2) is 0 Å². The van der Waals surface area contributed by atoms with Crippen LogP contribution in [0.25, 0.3) is 0 Å². The molecular formula is C21H26Cl2N2O4. The molecule has 29 heavy (non-hydrogen) atoms. The highest BCUT2D eigenvalue weighted by Gasteiger charge is 2.19.